The van der Waals surface area contributed by atoms with Gasteiger partial charge in [0.05, 0.1) is 6.54 Å². The number of ether oxygens (including phenoxy) is 1. The first-order chi connectivity index (χ1) is 12.7. The fourth-order valence-electron chi connectivity index (χ4n) is 7.16. The van der Waals surface area contributed by atoms with E-state index in [1.54, 1.807) is 0 Å². The number of hydrogen-bond donors (Lipinski definition) is 0. The van der Waals surface area contributed by atoms with Crippen LogP contribution in [0.25, 0.3) is 0 Å². The fraction of sp³-hybridized carbons (Fsp3) is 0.826. The molecule has 2 unspecified atom stereocenters. The van der Waals surface area contributed by atoms with Crippen LogP contribution in [-0.2, 0) is 14.3 Å². The number of nitrogens with zero attached hydrogens (tertiary/aromatic N) is 1. The zero-order chi connectivity index (χ0) is 19.4. The van der Waals surface area contributed by atoms with Gasteiger partial charge in [0.25, 0.3) is 0 Å². The molecule has 150 valence electrons. The Bertz CT molecular complexity index is 669. The van der Waals surface area contributed by atoms with Crippen molar-refractivity contribution in [1.29, 1.82) is 0 Å². The Morgan fingerprint density at radius 3 is 2.63 bits per heavy atom. The summed E-state index contributed by atoms with van der Waals surface area (Å²) in [6.45, 7) is 5.17. The number of esters is 1. The van der Waals surface area contributed by atoms with Gasteiger partial charge in [-0.05, 0) is 88.3 Å². The number of carbonyl (C=O) groups excluding carboxylic acids is 2. The lowest BCUT2D eigenvalue weighted by Crippen LogP contribution is -2.51. The van der Waals surface area contributed by atoms with Crippen molar-refractivity contribution in [2.75, 3.05) is 20.6 Å². The molecule has 0 aromatic carbocycles. The molecule has 0 saturated heterocycles. The van der Waals surface area contributed by atoms with Gasteiger partial charge < -0.3 is 4.74 Å². The number of hydrogen-bond acceptors (Lipinski definition) is 4. The average Bonchev–Trinajstić information content (AvgIpc) is 2.91. The number of rotatable bonds is 3. The molecule has 0 bridgehead atoms. The van der Waals surface area contributed by atoms with Crippen molar-refractivity contribution in [2.24, 2.45) is 28.6 Å². The molecule has 4 nitrogen and oxygen atoms in total. The topological polar surface area (TPSA) is 46.6 Å². The van der Waals surface area contributed by atoms with E-state index in [1.807, 2.05) is 25.1 Å². The van der Waals surface area contributed by atoms with Gasteiger partial charge in [0.2, 0.25) is 0 Å². The van der Waals surface area contributed by atoms with Crippen LogP contribution < -0.4 is 0 Å². The molecule has 0 aromatic rings. The Balaban J connectivity index is 1.53. The summed E-state index contributed by atoms with van der Waals surface area (Å²) in [7, 11) is 3.82. The van der Waals surface area contributed by atoms with E-state index in [0.717, 1.165) is 38.0 Å². The second kappa shape index (κ2) is 6.72. The highest BCUT2D eigenvalue weighted by Gasteiger charge is 2.59. The van der Waals surface area contributed by atoms with Crippen LogP contribution in [0.4, 0.5) is 0 Å². The second-order valence-electron chi connectivity index (χ2n) is 10.3. The highest BCUT2D eigenvalue weighted by molar-refractivity contribution is 5.91. The molecular formula is C23H35NO3. The number of carbonyl (C=O) groups is 2. The third-order valence-electron chi connectivity index (χ3n) is 8.59. The van der Waals surface area contributed by atoms with E-state index in [1.165, 1.54) is 24.8 Å². The lowest BCUT2D eigenvalue weighted by atomic mass is 9.47. The fourth-order valence-corrected chi connectivity index (χ4v) is 7.16. The van der Waals surface area contributed by atoms with Gasteiger partial charge in [-0.2, -0.15) is 0 Å². The number of ketones is 1. The molecule has 6 atom stereocenters. The second-order valence-corrected chi connectivity index (χ2v) is 10.3. The summed E-state index contributed by atoms with van der Waals surface area (Å²) in [5.41, 5.74) is 1.78. The van der Waals surface area contributed by atoms with Gasteiger partial charge in [0.1, 0.15) is 6.10 Å². The molecule has 4 rings (SSSR count). The Kier molecular flexibility index (Phi) is 4.77. The number of likely N-dealkylation sites (N-methyl/N-ethyl adjacent to an activating group) is 1. The SMILES string of the molecule is CN(C)CC(=O)O[C@H]1CC[C@H]2C3CCC4=CC(=O)CCC4(C)[C@H]3CC[C@]12C. The summed E-state index contributed by atoms with van der Waals surface area (Å²) >= 11 is 0. The van der Waals surface area contributed by atoms with Gasteiger partial charge in [-0.15, -0.1) is 0 Å². The standard InChI is InChI=1S/C23H35NO3/c1-22-11-9-16(25)13-15(22)5-6-17-18-7-8-20(27-21(26)14-24(3)4)23(18,2)12-10-19(17)22/h13,17-20H,5-12,14H2,1-4H3/t17?,18-,19-,20-,22?,23-/m0/s1. The van der Waals surface area contributed by atoms with E-state index in [0.29, 0.717) is 24.2 Å². The summed E-state index contributed by atoms with van der Waals surface area (Å²) in [6.07, 6.45) is 10.7. The van der Waals surface area contributed by atoms with Crippen molar-refractivity contribution >= 4 is 11.8 Å². The molecule has 0 aromatic heterocycles. The van der Waals surface area contributed by atoms with Gasteiger partial charge >= 0.3 is 5.97 Å². The number of fused-ring (bicyclic) bond motifs is 5. The van der Waals surface area contributed by atoms with Crippen LogP contribution in [-0.4, -0.2) is 43.4 Å². The van der Waals surface area contributed by atoms with Crippen molar-refractivity contribution in [3.05, 3.63) is 11.6 Å². The highest BCUT2D eigenvalue weighted by Crippen LogP contribution is 2.65. The van der Waals surface area contributed by atoms with E-state index >= 15 is 0 Å². The minimum atomic E-state index is -0.0828. The van der Waals surface area contributed by atoms with Crippen LogP contribution >= 0.6 is 0 Å². The molecule has 0 spiro atoms. The summed E-state index contributed by atoms with van der Waals surface area (Å²) < 4.78 is 5.98. The van der Waals surface area contributed by atoms with Gasteiger partial charge in [-0.3, -0.25) is 14.5 Å². The smallest absolute Gasteiger partial charge is 0.320 e. The molecule has 0 radical (unpaired) electrons. The van der Waals surface area contributed by atoms with Crippen LogP contribution in [0.1, 0.15) is 65.2 Å². The van der Waals surface area contributed by atoms with E-state index in [4.69, 9.17) is 4.74 Å². The molecule has 3 saturated carbocycles. The molecular weight excluding hydrogens is 338 g/mol. The van der Waals surface area contributed by atoms with Crippen molar-refractivity contribution in [3.63, 3.8) is 0 Å². The summed E-state index contributed by atoms with van der Waals surface area (Å²) in [6, 6.07) is 0. The average molecular weight is 374 g/mol. The predicted octanol–water partition coefficient (Wildman–Crippen LogP) is 3.99. The molecule has 3 fully saturated rings. The van der Waals surface area contributed by atoms with E-state index < -0.39 is 0 Å². The maximum atomic E-state index is 12.3. The Hall–Kier alpha value is -1.16. The van der Waals surface area contributed by atoms with Crippen molar-refractivity contribution in [2.45, 2.75) is 71.3 Å². The Labute approximate surface area is 163 Å². The van der Waals surface area contributed by atoms with Crippen molar-refractivity contribution in [3.8, 4) is 0 Å². The third kappa shape index (κ3) is 3.08. The Morgan fingerprint density at radius 1 is 1.11 bits per heavy atom. The Morgan fingerprint density at radius 2 is 1.89 bits per heavy atom. The molecule has 0 N–H and O–H groups in total. The largest absolute Gasteiger partial charge is 0.461 e. The van der Waals surface area contributed by atoms with Crippen LogP contribution in [0.3, 0.4) is 0 Å². The van der Waals surface area contributed by atoms with Crippen molar-refractivity contribution < 1.29 is 14.3 Å². The zero-order valence-corrected chi connectivity index (χ0v) is 17.4. The summed E-state index contributed by atoms with van der Waals surface area (Å²) in [5.74, 6) is 2.32. The first-order valence-corrected chi connectivity index (χ1v) is 10.8. The van der Waals surface area contributed by atoms with Crippen LogP contribution in [0.2, 0.25) is 0 Å². The minimum absolute atomic E-state index is 0.0774. The van der Waals surface area contributed by atoms with Gasteiger partial charge in [0.15, 0.2) is 5.78 Å². The lowest BCUT2D eigenvalue weighted by molar-refractivity contribution is -0.160. The maximum Gasteiger partial charge on any atom is 0.320 e. The molecule has 0 aliphatic heterocycles. The van der Waals surface area contributed by atoms with Gasteiger partial charge in [0, 0.05) is 11.8 Å². The first kappa shape index (κ1) is 19.2. The minimum Gasteiger partial charge on any atom is -0.461 e. The van der Waals surface area contributed by atoms with Crippen LogP contribution in [0, 0.1) is 28.6 Å². The maximum absolute atomic E-state index is 12.3. The quantitative estimate of drug-likeness (QED) is 0.702. The van der Waals surface area contributed by atoms with Gasteiger partial charge in [-0.25, -0.2) is 0 Å². The molecule has 0 amide bonds. The van der Waals surface area contributed by atoms with Crippen LogP contribution in [0.5, 0.6) is 0 Å². The third-order valence-corrected chi connectivity index (χ3v) is 8.59. The zero-order valence-electron chi connectivity index (χ0n) is 17.4. The van der Waals surface area contributed by atoms with Gasteiger partial charge in [-0.1, -0.05) is 19.4 Å². The van der Waals surface area contributed by atoms with E-state index in [-0.39, 0.29) is 22.9 Å². The predicted molar refractivity (Wildman–Crippen MR) is 105 cm³/mol. The molecule has 4 aliphatic rings. The van der Waals surface area contributed by atoms with E-state index in [2.05, 4.69) is 13.8 Å². The normalized spacial score (nSPS) is 43.6. The van der Waals surface area contributed by atoms with Crippen molar-refractivity contribution in [1.82, 2.24) is 4.90 Å². The molecule has 27 heavy (non-hydrogen) atoms. The molecule has 4 aliphatic carbocycles. The summed E-state index contributed by atoms with van der Waals surface area (Å²) in [4.78, 5) is 26.1. The van der Waals surface area contributed by atoms with E-state index in [9.17, 15) is 9.59 Å². The molecule has 4 heteroatoms. The first-order valence-electron chi connectivity index (χ1n) is 10.8. The summed E-state index contributed by atoms with van der Waals surface area (Å²) in [5, 5.41) is 0. The lowest BCUT2D eigenvalue weighted by Gasteiger charge is -2.57. The molecule has 0 heterocycles. The monoisotopic (exact) mass is 373 g/mol. The van der Waals surface area contributed by atoms with Crippen LogP contribution in [0.15, 0.2) is 11.6 Å². The highest BCUT2D eigenvalue weighted by atomic mass is 16.5. The number of allylic oxidation sites excluding steroid dienone is 1.